The molecule has 0 radical (unpaired) electrons. The molecule has 2 N–H and O–H groups in total. The van der Waals surface area contributed by atoms with Crippen LogP contribution in [0.5, 0.6) is 11.5 Å². The van der Waals surface area contributed by atoms with E-state index in [0.29, 0.717) is 36.8 Å². The van der Waals surface area contributed by atoms with Gasteiger partial charge < -0.3 is 14.8 Å². The van der Waals surface area contributed by atoms with E-state index in [1.54, 1.807) is 0 Å². The SMILES string of the molecule is O=C(CCNS(=O)(=O)c1ccc2c(c1)OCCCO2)Nc1cc(-n2cnnn2)ccc1F. The van der Waals surface area contributed by atoms with Gasteiger partial charge in [-0.05, 0) is 40.8 Å². The summed E-state index contributed by atoms with van der Waals surface area (Å²) in [6.07, 6.45) is 1.81. The number of nitrogens with one attached hydrogen (secondary N) is 2. The Labute approximate surface area is 182 Å². The molecular formula is C19H19FN6O5S. The van der Waals surface area contributed by atoms with E-state index in [9.17, 15) is 17.6 Å². The normalized spacial score (nSPS) is 13.4. The molecule has 1 aliphatic heterocycles. The molecule has 0 spiro atoms. The van der Waals surface area contributed by atoms with E-state index in [2.05, 4.69) is 25.6 Å². The number of benzene rings is 2. The average molecular weight is 462 g/mol. The van der Waals surface area contributed by atoms with Gasteiger partial charge in [-0.15, -0.1) is 5.10 Å². The van der Waals surface area contributed by atoms with Crippen molar-refractivity contribution in [1.29, 1.82) is 0 Å². The highest BCUT2D eigenvalue weighted by Crippen LogP contribution is 2.31. The van der Waals surface area contributed by atoms with Gasteiger partial charge in [0, 0.05) is 25.5 Å². The van der Waals surface area contributed by atoms with Crippen molar-refractivity contribution >= 4 is 21.6 Å². The van der Waals surface area contributed by atoms with E-state index in [0.717, 1.165) is 0 Å². The average Bonchev–Trinajstić information content (AvgIpc) is 3.20. The van der Waals surface area contributed by atoms with Crippen molar-refractivity contribution in [2.75, 3.05) is 25.1 Å². The lowest BCUT2D eigenvalue weighted by molar-refractivity contribution is -0.116. The van der Waals surface area contributed by atoms with Crippen molar-refractivity contribution in [2.24, 2.45) is 0 Å². The first-order chi connectivity index (χ1) is 15.4. The van der Waals surface area contributed by atoms with E-state index in [1.165, 1.54) is 47.4 Å². The number of fused-ring (bicyclic) bond motifs is 1. The summed E-state index contributed by atoms with van der Waals surface area (Å²) in [5.74, 6) is -0.394. The first-order valence-electron chi connectivity index (χ1n) is 9.64. The van der Waals surface area contributed by atoms with Gasteiger partial charge in [-0.25, -0.2) is 22.2 Å². The zero-order valence-electron chi connectivity index (χ0n) is 16.7. The Morgan fingerprint density at radius 3 is 2.72 bits per heavy atom. The fourth-order valence-electron chi connectivity index (χ4n) is 2.94. The lowest BCUT2D eigenvalue weighted by Crippen LogP contribution is -2.28. The fraction of sp³-hybridized carbons (Fsp3) is 0.263. The van der Waals surface area contributed by atoms with Crippen LogP contribution in [0.4, 0.5) is 10.1 Å². The summed E-state index contributed by atoms with van der Waals surface area (Å²) < 4.78 is 53.8. The van der Waals surface area contributed by atoms with Crippen molar-refractivity contribution in [3.05, 3.63) is 48.5 Å². The quantitative estimate of drug-likeness (QED) is 0.536. The Bertz CT molecular complexity index is 1220. The molecule has 32 heavy (non-hydrogen) atoms. The highest BCUT2D eigenvalue weighted by Gasteiger charge is 2.19. The van der Waals surface area contributed by atoms with Crippen LogP contribution < -0.4 is 19.5 Å². The standard InChI is InChI=1S/C19H19FN6O5S/c20-15-4-2-13(26-12-21-24-25-26)10-16(15)23-19(27)6-7-22-32(28,29)14-3-5-17-18(11-14)31-9-1-8-30-17/h2-5,10-12,22H,1,6-9H2,(H,23,27). The van der Waals surface area contributed by atoms with Gasteiger partial charge in [0.1, 0.15) is 12.1 Å². The van der Waals surface area contributed by atoms with Gasteiger partial charge in [0.25, 0.3) is 0 Å². The monoisotopic (exact) mass is 462 g/mol. The van der Waals surface area contributed by atoms with Gasteiger partial charge in [-0.2, -0.15) is 0 Å². The molecule has 0 bridgehead atoms. The number of ether oxygens (including phenoxy) is 2. The van der Waals surface area contributed by atoms with Crippen LogP contribution in [0.15, 0.2) is 47.6 Å². The smallest absolute Gasteiger partial charge is 0.240 e. The summed E-state index contributed by atoms with van der Waals surface area (Å²) in [6.45, 7) is 0.734. The summed E-state index contributed by atoms with van der Waals surface area (Å²) >= 11 is 0. The Morgan fingerprint density at radius 1 is 1.12 bits per heavy atom. The number of aromatic nitrogens is 4. The number of halogens is 1. The zero-order chi connectivity index (χ0) is 22.6. The molecule has 1 aliphatic rings. The third kappa shape index (κ3) is 5.00. The van der Waals surface area contributed by atoms with Crippen LogP contribution >= 0.6 is 0 Å². The maximum absolute atomic E-state index is 14.1. The van der Waals surface area contributed by atoms with Crippen LogP contribution in [0.2, 0.25) is 0 Å². The van der Waals surface area contributed by atoms with E-state index in [4.69, 9.17) is 9.47 Å². The van der Waals surface area contributed by atoms with Gasteiger partial charge in [0.2, 0.25) is 15.9 Å². The first kappa shape index (κ1) is 21.6. The number of nitrogens with zero attached hydrogens (tertiary/aromatic N) is 4. The van der Waals surface area contributed by atoms with E-state index in [-0.39, 0.29) is 23.5 Å². The molecule has 0 saturated heterocycles. The minimum atomic E-state index is -3.88. The number of hydrogen-bond acceptors (Lipinski definition) is 8. The van der Waals surface area contributed by atoms with Gasteiger partial charge in [0.05, 0.1) is 29.5 Å². The second-order valence-electron chi connectivity index (χ2n) is 6.77. The van der Waals surface area contributed by atoms with Crippen LogP contribution in [0, 0.1) is 5.82 Å². The third-order valence-electron chi connectivity index (χ3n) is 4.51. The molecule has 168 valence electrons. The van der Waals surface area contributed by atoms with Gasteiger partial charge in [-0.3, -0.25) is 4.79 Å². The van der Waals surface area contributed by atoms with Gasteiger partial charge in [0.15, 0.2) is 11.5 Å². The van der Waals surface area contributed by atoms with Crippen LogP contribution in [-0.4, -0.2) is 54.3 Å². The molecule has 1 amide bonds. The number of carbonyl (C=O) groups is 1. The molecule has 4 rings (SSSR count). The summed E-state index contributed by atoms with van der Waals surface area (Å²) in [5, 5.41) is 13.1. The first-order valence-corrected chi connectivity index (χ1v) is 11.1. The highest BCUT2D eigenvalue weighted by atomic mass is 32.2. The Kier molecular flexibility index (Phi) is 6.28. The number of rotatable bonds is 7. The van der Waals surface area contributed by atoms with E-state index >= 15 is 0 Å². The largest absolute Gasteiger partial charge is 0.490 e. The molecule has 0 aliphatic carbocycles. The van der Waals surface area contributed by atoms with Crippen molar-refractivity contribution in [1.82, 2.24) is 24.9 Å². The Balaban J connectivity index is 1.36. The minimum Gasteiger partial charge on any atom is -0.490 e. The van der Waals surface area contributed by atoms with Gasteiger partial charge >= 0.3 is 0 Å². The minimum absolute atomic E-state index is 0.0117. The van der Waals surface area contributed by atoms with Crippen molar-refractivity contribution in [3.8, 4) is 17.2 Å². The third-order valence-corrected chi connectivity index (χ3v) is 5.97. The lowest BCUT2D eigenvalue weighted by Gasteiger charge is -2.11. The number of amides is 1. The number of sulfonamides is 1. The molecule has 0 atom stereocenters. The molecule has 1 aromatic heterocycles. The van der Waals surface area contributed by atoms with E-state index in [1.807, 2.05) is 0 Å². The topological polar surface area (TPSA) is 137 Å². The van der Waals surface area contributed by atoms with Gasteiger partial charge in [-0.1, -0.05) is 0 Å². The highest BCUT2D eigenvalue weighted by molar-refractivity contribution is 7.89. The summed E-state index contributed by atoms with van der Waals surface area (Å²) in [7, 11) is -3.88. The maximum Gasteiger partial charge on any atom is 0.240 e. The van der Waals surface area contributed by atoms with Crippen LogP contribution in [0.25, 0.3) is 5.69 Å². The molecule has 0 fully saturated rings. The second-order valence-corrected chi connectivity index (χ2v) is 8.54. The fourth-order valence-corrected chi connectivity index (χ4v) is 3.98. The molecule has 0 unspecified atom stereocenters. The number of anilines is 1. The number of tetrazole rings is 1. The Morgan fingerprint density at radius 2 is 1.94 bits per heavy atom. The molecule has 11 nitrogen and oxygen atoms in total. The molecule has 2 heterocycles. The van der Waals surface area contributed by atoms with E-state index < -0.39 is 21.7 Å². The summed E-state index contributed by atoms with van der Waals surface area (Å²) in [4.78, 5) is 12.2. The molecule has 13 heteroatoms. The lowest BCUT2D eigenvalue weighted by atomic mass is 10.2. The number of hydrogen-bond donors (Lipinski definition) is 2. The Hall–Kier alpha value is -3.58. The predicted molar refractivity (Wildman–Crippen MR) is 110 cm³/mol. The van der Waals surface area contributed by atoms with Crippen molar-refractivity contribution < 1.29 is 27.1 Å². The summed E-state index contributed by atoms with van der Waals surface area (Å²) in [6, 6.07) is 8.29. The maximum atomic E-state index is 14.1. The molecule has 0 saturated carbocycles. The second kappa shape index (κ2) is 9.28. The molecular weight excluding hydrogens is 443 g/mol. The zero-order valence-corrected chi connectivity index (χ0v) is 17.5. The van der Waals surface area contributed by atoms with Crippen LogP contribution in [0.1, 0.15) is 12.8 Å². The van der Waals surface area contributed by atoms with Crippen LogP contribution in [0.3, 0.4) is 0 Å². The van der Waals surface area contributed by atoms with Crippen molar-refractivity contribution in [2.45, 2.75) is 17.7 Å². The van der Waals surface area contributed by atoms with Crippen LogP contribution in [-0.2, 0) is 14.8 Å². The summed E-state index contributed by atoms with van der Waals surface area (Å²) in [5.41, 5.74) is 0.371. The van der Waals surface area contributed by atoms with Crippen molar-refractivity contribution in [3.63, 3.8) is 0 Å². The number of carbonyl (C=O) groups excluding carboxylic acids is 1. The molecule has 2 aromatic carbocycles. The predicted octanol–water partition coefficient (Wildman–Crippen LogP) is 1.27. The molecule has 3 aromatic rings.